The van der Waals surface area contributed by atoms with Crippen LogP contribution in [0.4, 0.5) is 4.39 Å². The molecule has 1 atom stereocenters. The number of nitrogens with one attached hydrogen (secondary N) is 2. The summed E-state index contributed by atoms with van der Waals surface area (Å²) in [7, 11) is 0. The fourth-order valence-corrected chi connectivity index (χ4v) is 2.20. The van der Waals surface area contributed by atoms with Crippen LogP contribution in [-0.4, -0.2) is 25.5 Å². The molecule has 1 aromatic rings. The molecule has 1 heterocycles. The fraction of sp³-hybridized carbons (Fsp3) is 0.500. The lowest BCUT2D eigenvalue weighted by atomic mass is 9.99. The number of hydrogen-bond acceptors (Lipinski definition) is 2. The second-order valence-electron chi connectivity index (χ2n) is 4.71. The minimum absolute atomic E-state index is 0. The van der Waals surface area contributed by atoms with Gasteiger partial charge in [0.2, 0.25) is 5.91 Å². The third-order valence-corrected chi connectivity index (χ3v) is 3.29. The van der Waals surface area contributed by atoms with Gasteiger partial charge in [-0.25, -0.2) is 4.39 Å². The quantitative estimate of drug-likeness (QED) is 0.888. The minimum Gasteiger partial charge on any atom is -0.355 e. The number of rotatable bonds is 4. The van der Waals surface area contributed by atoms with E-state index in [9.17, 15) is 9.18 Å². The molecule has 0 aromatic heterocycles. The highest BCUT2D eigenvalue weighted by atomic mass is 35.5. The molecule has 0 saturated carbocycles. The van der Waals surface area contributed by atoms with E-state index in [0.717, 1.165) is 37.9 Å². The third-order valence-electron chi connectivity index (χ3n) is 3.29. The van der Waals surface area contributed by atoms with Gasteiger partial charge in [0.05, 0.1) is 5.92 Å². The predicted octanol–water partition coefficient (Wildman–Crippen LogP) is 1.91. The molecule has 1 aromatic carbocycles. The second kappa shape index (κ2) is 8.12. The van der Waals surface area contributed by atoms with Crippen molar-refractivity contribution >= 4 is 18.3 Å². The Hall–Kier alpha value is -1.13. The van der Waals surface area contributed by atoms with Crippen LogP contribution in [0.5, 0.6) is 0 Å². The van der Waals surface area contributed by atoms with Crippen molar-refractivity contribution in [2.24, 2.45) is 5.92 Å². The van der Waals surface area contributed by atoms with Crippen LogP contribution in [0.25, 0.3) is 0 Å². The Balaban J connectivity index is 0.00000180. The van der Waals surface area contributed by atoms with Gasteiger partial charge in [0.25, 0.3) is 0 Å². The van der Waals surface area contributed by atoms with Crippen molar-refractivity contribution in [1.29, 1.82) is 0 Å². The van der Waals surface area contributed by atoms with Crippen LogP contribution in [0.15, 0.2) is 24.3 Å². The highest BCUT2D eigenvalue weighted by molar-refractivity contribution is 5.85. The maximum atomic E-state index is 12.7. The Morgan fingerprint density at radius 2 is 2.11 bits per heavy atom. The summed E-state index contributed by atoms with van der Waals surface area (Å²) in [5.74, 6) is 0.00680. The van der Waals surface area contributed by atoms with Gasteiger partial charge in [0.15, 0.2) is 0 Å². The lowest BCUT2D eigenvalue weighted by Gasteiger charge is -2.21. The standard InChI is InChI=1S/C14H19FN2O.ClH/c15-13-5-3-11(4-6-13)7-9-17-14(18)12-2-1-8-16-10-12;/h3-6,12,16H,1-2,7-10H2,(H,17,18);1H. The van der Waals surface area contributed by atoms with Crippen LogP contribution in [0.1, 0.15) is 18.4 Å². The SMILES string of the molecule is Cl.O=C(NCCc1ccc(F)cc1)C1CCCNC1. The summed E-state index contributed by atoms with van der Waals surface area (Å²) in [5.41, 5.74) is 1.04. The van der Waals surface area contributed by atoms with E-state index in [1.807, 2.05) is 0 Å². The first-order valence-corrected chi connectivity index (χ1v) is 6.48. The molecule has 0 bridgehead atoms. The molecule has 3 nitrogen and oxygen atoms in total. The van der Waals surface area contributed by atoms with Crippen molar-refractivity contribution in [2.45, 2.75) is 19.3 Å². The molecule has 2 rings (SSSR count). The maximum absolute atomic E-state index is 12.7. The smallest absolute Gasteiger partial charge is 0.224 e. The predicted molar refractivity (Wildman–Crippen MR) is 76.0 cm³/mol. The molecule has 1 unspecified atom stereocenters. The topological polar surface area (TPSA) is 41.1 Å². The van der Waals surface area contributed by atoms with Crippen LogP contribution in [0.3, 0.4) is 0 Å². The number of carbonyl (C=O) groups excluding carboxylic acids is 1. The first kappa shape index (κ1) is 15.9. The lowest BCUT2D eigenvalue weighted by molar-refractivity contribution is -0.125. The zero-order chi connectivity index (χ0) is 12.8. The van der Waals surface area contributed by atoms with Gasteiger partial charge in [0, 0.05) is 13.1 Å². The van der Waals surface area contributed by atoms with E-state index in [-0.39, 0.29) is 30.0 Å². The molecule has 106 valence electrons. The van der Waals surface area contributed by atoms with Crippen molar-refractivity contribution in [3.63, 3.8) is 0 Å². The molecule has 19 heavy (non-hydrogen) atoms. The molecule has 1 aliphatic heterocycles. The maximum Gasteiger partial charge on any atom is 0.224 e. The Morgan fingerprint density at radius 1 is 1.37 bits per heavy atom. The number of amides is 1. The zero-order valence-corrected chi connectivity index (χ0v) is 11.6. The fourth-order valence-electron chi connectivity index (χ4n) is 2.20. The first-order chi connectivity index (χ1) is 8.75. The van der Waals surface area contributed by atoms with Crippen molar-refractivity contribution in [3.8, 4) is 0 Å². The zero-order valence-electron chi connectivity index (χ0n) is 10.8. The normalized spacial score (nSPS) is 18.5. The Kier molecular flexibility index (Phi) is 6.81. The summed E-state index contributed by atoms with van der Waals surface area (Å²) in [6.45, 7) is 2.41. The summed E-state index contributed by atoms with van der Waals surface area (Å²) < 4.78 is 12.7. The van der Waals surface area contributed by atoms with Crippen molar-refractivity contribution < 1.29 is 9.18 Å². The van der Waals surface area contributed by atoms with E-state index in [4.69, 9.17) is 0 Å². The Morgan fingerprint density at radius 3 is 2.74 bits per heavy atom. The van der Waals surface area contributed by atoms with Crippen LogP contribution >= 0.6 is 12.4 Å². The van der Waals surface area contributed by atoms with Gasteiger partial charge in [-0.1, -0.05) is 12.1 Å². The summed E-state index contributed by atoms with van der Waals surface area (Å²) in [6.07, 6.45) is 2.78. The molecular weight excluding hydrogens is 267 g/mol. The van der Waals surface area contributed by atoms with E-state index >= 15 is 0 Å². The molecule has 0 spiro atoms. The van der Waals surface area contributed by atoms with E-state index < -0.39 is 0 Å². The Labute approximate surface area is 119 Å². The van der Waals surface area contributed by atoms with E-state index in [0.29, 0.717) is 6.54 Å². The molecular formula is C14H20ClFN2O. The van der Waals surface area contributed by atoms with Gasteiger partial charge < -0.3 is 10.6 Å². The molecule has 1 aliphatic rings. The van der Waals surface area contributed by atoms with Gasteiger partial charge in [-0.15, -0.1) is 12.4 Å². The van der Waals surface area contributed by atoms with Crippen LogP contribution in [0.2, 0.25) is 0 Å². The molecule has 2 N–H and O–H groups in total. The van der Waals surface area contributed by atoms with Crippen LogP contribution in [-0.2, 0) is 11.2 Å². The molecule has 1 amide bonds. The average molecular weight is 287 g/mol. The summed E-state index contributed by atoms with van der Waals surface area (Å²) in [4.78, 5) is 11.8. The second-order valence-corrected chi connectivity index (χ2v) is 4.71. The van der Waals surface area contributed by atoms with Crippen LogP contribution < -0.4 is 10.6 Å². The van der Waals surface area contributed by atoms with Gasteiger partial charge in [-0.05, 0) is 43.5 Å². The molecule has 0 radical (unpaired) electrons. The number of halogens is 2. The van der Waals surface area contributed by atoms with Crippen molar-refractivity contribution in [3.05, 3.63) is 35.6 Å². The van der Waals surface area contributed by atoms with Crippen LogP contribution in [0, 0.1) is 11.7 Å². The molecule has 1 saturated heterocycles. The highest BCUT2D eigenvalue weighted by Gasteiger charge is 2.19. The number of piperidine rings is 1. The van der Waals surface area contributed by atoms with Crippen molar-refractivity contribution in [2.75, 3.05) is 19.6 Å². The number of benzene rings is 1. The van der Waals surface area contributed by atoms with E-state index in [1.54, 1.807) is 12.1 Å². The summed E-state index contributed by atoms with van der Waals surface area (Å²) >= 11 is 0. The lowest BCUT2D eigenvalue weighted by Crippen LogP contribution is -2.41. The molecule has 0 aliphatic carbocycles. The molecule has 5 heteroatoms. The minimum atomic E-state index is -0.226. The largest absolute Gasteiger partial charge is 0.355 e. The van der Waals surface area contributed by atoms with Gasteiger partial charge in [0.1, 0.15) is 5.82 Å². The van der Waals surface area contributed by atoms with Gasteiger partial charge in [-0.3, -0.25) is 4.79 Å². The summed E-state index contributed by atoms with van der Waals surface area (Å²) in [6, 6.07) is 6.40. The van der Waals surface area contributed by atoms with Gasteiger partial charge >= 0.3 is 0 Å². The first-order valence-electron chi connectivity index (χ1n) is 6.48. The summed E-state index contributed by atoms with van der Waals surface area (Å²) in [5, 5.41) is 6.17. The van der Waals surface area contributed by atoms with Gasteiger partial charge in [-0.2, -0.15) is 0 Å². The highest BCUT2D eigenvalue weighted by Crippen LogP contribution is 2.09. The number of hydrogen-bond donors (Lipinski definition) is 2. The Bertz CT molecular complexity index is 391. The van der Waals surface area contributed by atoms with Crippen molar-refractivity contribution in [1.82, 2.24) is 10.6 Å². The monoisotopic (exact) mass is 286 g/mol. The van der Waals surface area contributed by atoms with E-state index in [2.05, 4.69) is 10.6 Å². The van der Waals surface area contributed by atoms with E-state index in [1.165, 1.54) is 12.1 Å². The molecule has 1 fully saturated rings. The third kappa shape index (κ3) is 5.17. The average Bonchev–Trinajstić information content (AvgIpc) is 2.42. The number of carbonyl (C=O) groups is 1.